The highest BCUT2D eigenvalue weighted by Crippen LogP contribution is 2.38. The van der Waals surface area contributed by atoms with Gasteiger partial charge in [-0.3, -0.25) is 4.79 Å². The van der Waals surface area contributed by atoms with E-state index in [1.807, 2.05) is 23.1 Å². The average Bonchev–Trinajstić information content (AvgIpc) is 3.12. The van der Waals surface area contributed by atoms with Gasteiger partial charge in [0.25, 0.3) is 5.91 Å². The van der Waals surface area contributed by atoms with Crippen LogP contribution in [0.3, 0.4) is 0 Å². The fourth-order valence-corrected chi connectivity index (χ4v) is 5.06. The zero-order chi connectivity index (χ0) is 21.8. The highest BCUT2D eigenvalue weighted by atomic mass is 32.2. The summed E-state index contributed by atoms with van der Waals surface area (Å²) in [7, 11) is -3.47. The van der Waals surface area contributed by atoms with Crippen LogP contribution < -0.4 is 9.47 Å². The molecule has 7 nitrogen and oxygen atoms in total. The van der Waals surface area contributed by atoms with Crippen LogP contribution in [0, 0.1) is 11.3 Å². The highest BCUT2D eigenvalue weighted by molar-refractivity contribution is 7.90. The van der Waals surface area contributed by atoms with E-state index in [0.29, 0.717) is 30.9 Å². The monoisotopic (exact) mass is 440 g/mol. The fraction of sp³-hybridized carbons (Fsp3) is 0.391. The first-order valence-corrected chi connectivity index (χ1v) is 12.2. The van der Waals surface area contributed by atoms with Gasteiger partial charge in [-0.1, -0.05) is 18.2 Å². The molecule has 1 atom stereocenters. The SMILES string of the molecule is N#CCS(=O)(=O)Cc1ccc(C(=O)N2CCC[C@H]2c2ccc3c(c2)OCCCO3)cc1. The van der Waals surface area contributed by atoms with Crippen LogP contribution in [0.25, 0.3) is 0 Å². The Hall–Kier alpha value is -3.05. The Morgan fingerprint density at radius 1 is 1.06 bits per heavy atom. The molecule has 31 heavy (non-hydrogen) atoms. The second-order valence-corrected chi connectivity index (χ2v) is 9.86. The van der Waals surface area contributed by atoms with Crippen LogP contribution in [0.4, 0.5) is 0 Å². The largest absolute Gasteiger partial charge is 0.490 e. The normalized spacial score (nSPS) is 18.3. The number of hydrogen-bond acceptors (Lipinski definition) is 6. The van der Waals surface area contributed by atoms with Gasteiger partial charge >= 0.3 is 0 Å². The lowest BCUT2D eigenvalue weighted by Gasteiger charge is -2.26. The molecule has 0 N–H and O–H groups in total. The lowest BCUT2D eigenvalue weighted by atomic mass is 10.0. The second-order valence-electron chi connectivity index (χ2n) is 7.80. The number of ether oxygens (including phenoxy) is 2. The van der Waals surface area contributed by atoms with Gasteiger partial charge < -0.3 is 14.4 Å². The van der Waals surface area contributed by atoms with E-state index in [2.05, 4.69) is 0 Å². The van der Waals surface area contributed by atoms with Gasteiger partial charge in [-0.2, -0.15) is 5.26 Å². The van der Waals surface area contributed by atoms with Crippen LogP contribution >= 0.6 is 0 Å². The number of rotatable bonds is 5. The van der Waals surface area contributed by atoms with Crippen molar-refractivity contribution in [2.75, 3.05) is 25.5 Å². The summed E-state index contributed by atoms with van der Waals surface area (Å²) in [4.78, 5) is 15.0. The maximum absolute atomic E-state index is 13.2. The molecule has 2 heterocycles. The first kappa shape index (κ1) is 21.2. The maximum atomic E-state index is 13.2. The highest BCUT2D eigenvalue weighted by Gasteiger charge is 2.31. The Bertz CT molecular complexity index is 1110. The summed E-state index contributed by atoms with van der Waals surface area (Å²) in [6, 6.07) is 14.1. The fourth-order valence-electron chi connectivity index (χ4n) is 4.06. The van der Waals surface area contributed by atoms with E-state index >= 15 is 0 Å². The number of nitrogens with zero attached hydrogens (tertiary/aromatic N) is 2. The topological polar surface area (TPSA) is 96.7 Å². The molecule has 8 heteroatoms. The lowest BCUT2D eigenvalue weighted by Crippen LogP contribution is -2.30. The third-order valence-electron chi connectivity index (χ3n) is 5.54. The molecule has 0 spiro atoms. The molecule has 0 aliphatic carbocycles. The summed E-state index contributed by atoms with van der Waals surface area (Å²) in [6.45, 7) is 1.91. The van der Waals surface area contributed by atoms with Crippen LogP contribution in [0.2, 0.25) is 0 Å². The van der Waals surface area contributed by atoms with Crippen molar-refractivity contribution in [3.63, 3.8) is 0 Å². The van der Waals surface area contributed by atoms with Gasteiger partial charge in [0.2, 0.25) is 0 Å². The predicted octanol–water partition coefficient (Wildman–Crippen LogP) is 3.26. The number of hydrogen-bond donors (Lipinski definition) is 0. The predicted molar refractivity (Wildman–Crippen MR) is 115 cm³/mol. The number of amides is 1. The van der Waals surface area contributed by atoms with Crippen molar-refractivity contribution in [1.82, 2.24) is 4.90 Å². The van der Waals surface area contributed by atoms with E-state index in [9.17, 15) is 13.2 Å². The zero-order valence-corrected chi connectivity index (χ0v) is 17.9. The van der Waals surface area contributed by atoms with Crippen LogP contribution in [-0.4, -0.2) is 44.7 Å². The van der Waals surface area contributed by atoms with Crippen molar-refractivity contribution >= 4 is 15.7 Å². The van der Waals surface area contributed by atoms with Gasteiger partial charge in [-0.15, -0.1) is 0 Å². The minimum absolute atomic E-state index is 0.0414. The molecule has 2 aliphatic heterocycles. The van der Waals surface area contributed by atoms with E-state index in [4.69, 9.17) is 14.7 Å². The average molecular weight is 441 g/mol. The minimum atomic E-state index is -3.47. The first-order chi connectivity index (χ1) is 15.0. The van der Waals surface area contributed by atoms with Gasteiger partial charge in [-0.05, 0) is 48.2 Å². The number of fused-ring (bicyclic) bond motifs is 1. The van der Waals surface area contributed by atoms with Crippen molar-refractivity contribution in [3.8, 4) is 17.6 Å². The Morgan fingerprint density at radius 3 is 2.55 bits per heavy atom. The van der Waals surface area contributed by atoms with E-state index in [1.54, 1.807) is 30.3 Å². The van der Waals surface area contributed by atoms with Gasteiger partial charge in [0.15, 0.2) is 21.3 Å². The lowest BCUT2D eigenvalue weighted by molar-refractivity contribution is 0.0735. The molecule has 0 saturated carbocycles. The molecule has 1 fully saturated rings. The quantitative estimate of drug-likeness (QED) is 0.708. The smallest absolute Gasteiger partial charge is 0.254 e. The minimum Gasteiger partial charge on any atom is -0.490 e. The second kappa shape index (κ2) is 8.98. The van der Waals surface area contributed by atoms with E-state index in [1.165, 1.54) is 0 Å². The molecule has 2 aliphatic rings. The zero-order valence-electron chi connectivity index (χ0n) is 17.1. The summed E-state index contributed by atoms with van der Waals surface area (Å²) >= 11 is 0. The maximum Gasteiger partial charge on any atom is 0.254 e. The van der Waals surface area contributed by atoms with E-state index in [-0.39, 0.29) is 17.7 Å². The Labute approximate surface area is 182 Å². The first-order valence-electron chi connectivity index (χ1n) is 10.3. The molecule has 2 aromatic carbocycles. The number of benzene rings is 2. The van der Waals surface area contributed by atoms with Gasteiger partial charge in [0.1, 0.15) is 5.75 Å². The number of nitriles is 1. The van der Waals surface area contributed by atoms with E-state index < -0.39 is 15.6 Å². The molecule has 0 radical (unpaired) electrons. The third-order valence-corrected chi connectivity index (χ3v) is 6.88. The molecule has 4 rings (SSSR count). The molecular formula is C23H24N2O5S. The molecule has 2 aromatic rings. The summed E-state index contributed by atoms with van der Waals surface area (Å²) in [5.41, 5.74) is 2.10. The number of carbonyl (C=O) groups excluding carboxylic acids is 1. The Balaban J connectivity index is 1.51. The van der Waals surface area contributed by atoms with Gasteiger partial charge in [0, 0.05) is 18.5 Å². The van der Waals surface area contributed by atoms with Gasteiger partial charge in [-0.25, -0.2) is 8.42 Å². The molecular weight excluding hydrogens is 416 g/mol. The third kappa shape index (κ3) is 4.83. The Kier molecular flexibility index (Phi) is 6.14. The summed E-state index contributed by atoms with van der Waals surface area (Å²) in [5.74, 6) is 0.648. The molecule has 162 valence electrons. The Morgan fingerprint density at radius 2 is 1.81 bits per heavy atom. The molecule has 1 saturated heterocycles. The van der Waals surface area contributed by atoms with Crippen LogP contribution in [0.5, 0.6) is 11.5 Å². The van der Waals surface area contributed by atoms with Gasteiger partial charge in [0.05, 0.1) is 31.1 Å². The molecule has 0 aromatic heterocycles. The van der Waals surface area contributed by atoms with Crippen molar-refractivity contribution in [2.45, 2.75) is 31.1 Å². The van der Waals surface area contributed by atoms with Crippen LogP contribution in [-0.2, 0) is 15.6 Å². The van der Waals surface area contributed by atoms with Crippen molar-refractivity contribution in [1.29, 1.82) is 5.26 Å². The number of carbonyl (C=O) groups is 1. The molecule has 0 unspecified atom stereocenters. The number of likely N-dealkylation sites (tertiary alicyclic amines) is 1. The standard InChI is InChI=1S/C23H24N2O5S/c24-10-14-31(27,28)16-17-4-6-18(7-5-17)23(26)25-11-1-3-20(25)19-8-9-21-22(15-19)30-13-2-12-29-21/h4-9,15,20H,1-3,11-14,16H2/t20-/m0/s1. The molecule has 0 bridgehead atoms. The number of sulfone groups is 1. The van der Waals surface area contributed by atoms with Crippen molar-refractivity contribution in [3.05, 3.63) is 59.2 Å². The van der Waals surface area contributed by atoms with E-state index in [0.717, 1.165) is 36.3 Å². The van der Waals surface area contributed by atoms with Crippen molar-refractivity contribution in [2.24, 2.45) is 0 Å². The summed E-state index contributed by atoms with van der Waals surface area (Å²) < 4.78 is 35.2. The van der Waals surface area contributed by atoms with Crippen molar-refractivity contribution < 1.29 is 22.7 Å². The van der Waals surface area contributed by atoms with Crippen LogP contribution in [0.15, 0.2) is 42.5 Å². The van der Waals surface area contributed by atoms with Crippen LogP contribution in [0.1, 0.15) is 46.8 Å². The molecule has 1 amide bonds. The summed E-state index contributed by atoms with van der Waals surface area (Å²) in [6.07, 6.45) is 2.62. The summed E-state index contributed by atoms with van der Waals surface area (Å²) in [5, 5.41) is 8.62.